The second-order valence-corrected chi connectivity index (χ2v) is 5.68. The lowest BCUT2D eigenvalue weighted by Gasteiger charge is -2.34. The first kappa shape index (κ1) is 18.8. The molecule has 25 heavy (non-hydrogen) atoms. The van der Waals surface area contributed by atoms with Gasteiger partial charge in [0.05, 0.1) is 19.0 Å². The molecule has 1 atom stereocenters. The average molecular weight is 354 g/mol. The highest BCUT2D eigenvalue weighted by Crippen LogP contribution is 2.16. The van der Waals surface area contributed by atoms with Crippen LogP contribution in [0.2, 0.25) is 0 Å². The van der Waals surface area contributed by atoms with Crippen LogP contribution in [0.3, 0.4) is 0 Å². The molecule has 3 amide bonds. The van der Waals surface area contributed by atoms with Crippen LogP contribution in [0.1, 0.15) is 12.0 Å². The number of hydrogen-bond acceptors (Lipinski definition) is 4. The Morgan fingerprint density at radius 3 is 2.72 bits per heavy atom. The van der Waals surface area contributed by atoms with Crippen molar-refractivity contribution < 1.29 is 23.2 Å². The molecule has 9 heteroatoms. The standard InChI is InChI=1S/C16H20F2N4O3/c1-19-15(24)8-21-14(23)7-13-16(25)20-4-5-22(13)9-10-2-3-11(17)12(18)6-10/h2-3,6,13H,4-5,7-9H2,1H3,(H,19,24)(H,20,25)(H,21,23). The van der Waals surface area contributed by atoms with Gasteiger partial charge in [-0.1, -0.05) is 6.07 Å². The van der Waals surface area contributed by atoms with E-state index < -0.39 is 23.6 Å². The molecule has 2 rings (SSSR count). The number of nitrogens with zero attached hydrogens (tertiary/aromatic N) is 1. The van der Waals surface area contributed by atoms with E-state index in [4.69, 9.17) is 0 Å². The molecule has 7 nitrogen and oxygen atoms in total. The van der Waals surface area contributed by atoms with Crippen molar-refractivity contribution in [2.75, 3.05) is 26.7 Å². The highest BCUT2D eigenvalue weighted by atomic mass is 19.2. The summed E-state index contributed by atoms with van der Waals surface area (Å²) >= 11 is 0. The Labute approximate surface area is 143 Å². The fourth-order valence-corrected chi connectivity index (χ4v) is 2.56. The minimum atomic E-state index is -0.959. The molecule has 1 aromatic rings. The second-order valence-electron chi connectivity index (χ2n) is 5.68. The Kier molecular flexibility index (Phi) is 6.40. The Morgan fingerprint density at radius 2 is 2.04 bits per heavy atom. The molecular weight excluding hydrogens is 334 g/mol. The number of amides is 3. The first-order chi connectivity index (χ1) is 11.9. The maximum absolute atomic E-state index is 13.4. The van der Waals surface area contributed by atoms with Gasteiger partial charge in [-0.2, -0.15) is 0 Å². The zero-order chi connectivity index (χ0) is 18.4. The molecule has 0 saturated carbocycles. The minimum absolute atomic E-state index is 0.132. The van der Waals surface area contributed by atoms with Crippen LogP contribution in [0, 0.1) is 11.6 Å². The molecule has 0 aromatic heterocycles. The number of halogens is 2. The van der Waals surface area contributed by atoms with Gasteiger partial charge in [-0.15, -0.1) is 0 Å². The van der Waals surface area contributed by atoms with Gasteiger partial charge in [-0.05, 0) is 17.7 Å². The van der Waals surface area contributed by atoms with E-state index in [2.05, 4.69) is 16.0 Å². The minimum Gasteiger partial charge on any atom is -0.358 e. The van der Waals surface area contributed by atoms with Gasteiger partial charge < -0.3 is 16.0 Å². The molecular formula is C16H20F2N4O3. The second kappa shape index (κ2) is 8.52. The van der Waals surface area contributed by atoms with E-state index in [1.54, 1.807) is 4.90 Å². The van der Waals surface area contributed by atoms with Crippen molar-refractivity contribution in [1.29, 1.82) is 0 Å². The van der Waals surface area contributed by atoms with Crippen LogP contribution in [0.4, 0.5) is 8.78 Å². The van der Waals surface area contributed by atoms with Crippen LogP contribution in [0.15, 0.2) is 18.2 Å². The molecule has 0 bridgehead atoms. The summed E-state index contributed by atoms with van der Waals surface area (Å²) in [5.74, 6) is -3.01. The largest absolute Gasteiger partial charge is 0.358 e. The molecule has 0 radical (unpaired) electrons. The van der Waals surface area contributed by atoms with Crippen LogP contribution in [-0.2, 0) is 20.9 Å². The summed E-state index contributed by atoms with van der Waals surface area (Å²) in [5.41, 5.74) is 0.504. The molecule has 1 aliphatic rings. The Balaban J connectivity index is 2.02. The van der Waals surface area contributed by atoms with Gasteiger partial charge in [-0.25, -0.2) is 8.78 Å². The maximum atomic E-state index is 13.4. The van der Waals surface area contributed by atoms with Crippen molar-refractivity contribution in [3.8, 4) is 0 Å². The van der Waals surface area contributed by atoms with Gasteiger partial charge in [-0.3, -0.25) is 19.3 Å². The fourth-order valence-electron chi connectivity index (χ4n) is 2.56. The molecule has 1 aliphatic heterocycles. The summed E-state index contributed by atoms with van der Waals surface area (Å²) in [6, 6.07) is 2.80. The lowest BCUT2D eigenvalue weighted by atomic mass is 10.1. The van der Waals surface area contributed by atoms with Crippen LogP contribution >= 0.6 is 0 Å². The predicted octanol–water partition coefficient (Wildman–Crippen LogP) is -0.482. The van der Waals surface area contributed by atoms with E-state index in [0.29, 0.717) is 18.7 Å². The normalized spacial score (nSPS) is 17.7. The zero-order valence-electron chi connectivity index (χ0n) is 13.8. The Bertz CT molecular complexity index is 669. The monoisotopic (exact) mass is 354 g/mol. The van der Waals surface area contributed by atoms with Gasteiger partial charge in [0.2, 0.25) is 17.7 Å². The van der Waals surface area contributed by atoms with E-state index in [1.807, 2.05) is 0 Å². The molecule has 1 aromatic carbocycles. The van der Waals surface area contributed by atoms with Gasteiger partial charge >= 0.3 is 0 Å². The fraction of sp³-hybridized carbons (Fsp3) is 0.438. The van der Waals surface area contributed by atoms with Crippen molar-refractivity contribution >= 4 is 17.7 Å². The number of nitrogens with one attached hydrogen (secondary N) is 3. The van der Waals surface area contributed by atoms with Gasteiger partial charge in [0.1, 0.15) is 0 Å². The van der Waals surface area contributed by atoms with Crippen LogP contribution < -0.4 is 16.0 Å². The predicted molar refractivity (Wildman–Crippen MR) is 85.3 cm³/mol. The third-order valence-electron chi connectivity index (χ3n) is 3.92. The van der Waals surface area contributed by atoms with E-state index in [0.717, 1.165) is 12.1 Å². The van der Waals surface area contributed by atoms with E-state index in [-0.39, 0.29) is 31.3 Å². The summed E-state index contributed by atoms with van der Waals surface area (Å²) in [6.45, 7) is 0.905. The van der Waals surface area contributed by atoms with E-state index in [1.165, 1.54) is 13.1 Å². The van der Waals surface area contributed by atoms with Crippen molar-refractivity contribution in [1.82, 2.24) is 20.9 Å². The quantitative estimate of drug-likeness (QED) is 0.644. The Morgan fingerprint density at radius 1 is 1.28 bits per heavy atom. The van der Waals surface area contributed by atoms with Gasteiger partial charge in [0.25, 0.3) is 0 Å². The summed E-state index contributed by atoms with van der Waals surface area (Å²) in [4.78, 5) is 36.9. The molecule has 0 aliphatic carbocycles. The number of carbonyl (C=O) groups excluding carboxylic acids is 3. The molecule has 1 unspecified atom stereocenters. The average Bonchev–Trinajstić information content (AvgIpc) is 2.59. The highest BCUT2D eigenvalue weighted by molar-refractivity contribution is 5.90. The lowest BCUT2D eigenvalue weighted by Crippen LogP contribution is -2.56. The SMILES string of the molecule is CNC(=O)CNC(=O)CC1C(=O)NCCN1Cc1ccc(F)c(F)c1. The lowest BCUT2D eigenvalue weighted by molar-refractivity contribution is -0.134. The number of likely N-dealkylation sites (N-methyl/N-ethyl adjacent to an activating group) is 1. The third kappa shape index (κ3) is 5.21. The van der Waals surface area contributed by atoms with Gasteiger partial charge in [0.15, 0.2) is 11.6 Å². The number of benzene rings is 1. The van der Waals surface area contributed by atoms with E-state index >= 15 is 0 Å². The summed E-state index contributed by atoms with van der Waals surface area (Å²) in [6.07, 6.45) is -0.132. The molecule has 3 N–H and O–H groups in total. The maximum Gasteiger partial charge on any atom is 0.239 e. The number of hydrogen-bond donors (Lipinski definition) is 3. The van der Waals surface area contributed by atoms with Crippen molar-refractivity contribution in [2.24, 2.45) is 0 Å². The smallest absolute Gasteiger partial charge is 0.239 e. The third-order valence-corrected chi connectivity index (χ3v) is 3.92. The number of carbonyl (C=O) groups is 3. The first-order valence-corrected chi connectivity index (χ1v) is 7.83. The van der Waals surface area contributed by atoms with E-state index in [9.17, 15) is 23.2 Å². The molecule has 136 valence electrons. The summed E-state index contributed by atoms with van der Waals surface area (Å²) in [5, 5.41) is 7.49. The van der Waals surface area contributed by atoms with Crippen molar-refractivity contribution in [3.63, 3.8) is 0 Å². The van der Waals surface area contributed by atoms with Crippen LogP contribution in [0.5, 0.6) is 0 Å². The molecule has 1 fully saturated rings. The van der Waals surface area contributed by atoms with Crippen LogP contribution in [0.25, 0.3) is 0 Å². The van der Waals surface area contributed by atoms with Crippen molar-refractivity contribution in [2.45, 2.75) is 19.0 Å². The summed E-state index contributed by atoms with van der Waals surface area (Å²) < 4.78 is 26.4. The van der Waals surface area contributed by atoms with Crippen molar-refractivity contribution in [3.05, 3.63) is 35.4 Å². The van der Waals surface area contributed by atoms with Gasteiger partial charge in [0, 0.05) is 26.7 Å². The van der Waals surface area contributed by atoms with Crippen LogP contribution in [-0.4, -0.2) is 55.3 Å². The Hall–Kier alpha value is -2.55. The first-order valence-electron chi connectivity index (χ1n) is 7.83. The molecule has 1 saturated heterocycles. The molecule has 1 heterocycles. The zero-order valence-corrected chi connectivity index (χ0v) is 13.8. The molecule has 0 spiro atoms. The topological polar surface area (TPSA) is 90.5 Å². The number of rotatable bonds is 6. The highest BCUT2D eigenvalue weighted by Gasteiger charge is 2.31. The number of piperazine rings is 1. The summed E-state index contributed by atoms with van der Waals surface area (Å²) in [7, 11) is 1.45.